The molecule has 0 saturated carbocycles. The number of carbonyl (C=O) groups excluding carboxylic acids is 1. The Balaban J connectivity index is 1.48. The van der Waals surface area contributed by atoms with E-state index in [2.05, 4.69) is 47.4 Å². The molecular formula is C24H25N3O. The van der Waals surface area contributed by atoms with Gasteiger partial charge in [-0.15, -0.1) is 0 Å². The Labute approximate surface area is 166 Å². The maximum atomic E-state index is 12.7. The first-order valence-electron chi connectivity index (χ1n) is 9.85. The van der Waals surface area contributed by atoms with E-state index < -0.39 is 0 Å². The summed E-state index contributed by atoms with van der Waals surface area (Å²) in [5.41, 5.74) is 7.17. The van der Waals surface area contributed by atoms with Crippen LogP contribution in [-0.2, 0) is 12.8 Å². The number of hydrogen-bond acceptors (Lipinski definition) is 3. The van der Waals surface area contributed by atoms with Gasteiger partial charge in [0.2, 0.25) is 0 Å². The Bertz CT molecular complexity index is 978. The predicted molar refractivity (Wildman–Crippen MR) is 115 cm³/mol. The lowest BCUT2D eigenvalue weighted by Gasteiger charge is -2.28. The molecule has 2 heterocycles. The van der Waals surface area contributed by atoms with Gasteiger partial charge in [0.1, 0.15) is 0 Å². The summed E-state index contributed by atoms with van der Waals surface area (Å²) >= 11 is 0. The van der Waals surface area contributed by atoms with Crippen LogP contribution in [0.25, 0.3) is 11.3 Å². The highest BCUT2D eigenvalue weighted by Crippen LogP contribution is 2.29. The van der Waals surface area contributed by atoms with Gasteiger partial charge in [-0.25, -0.2) is 0 Å². The second-order valence-corrected chi connectivity index (χ2v) is 7.31. The van der Waals surface area contributed by atoms with E-state index in [-0.39, 0.29) is 5.91 Å². The molecule has 0 aliphatic carbocycles. The third-order valence-corrected chi connectivity index (χ3v) is 5.37. The van der Waals surface area contributed by atoms with Crippen molar-refractivity contribution in [2.75, 3.05) is 23.8 Å². The number of benzene rings is 2. The third kappa shape index (κ3) is 3.77. The molecule has 4 nitrogen and oxygen atoms in total. The van der Waals surface area contributed by atoms with Crippen molar-refractivity contribution in [2.45, 2.75) is 26.2 Å². The van der Waals surface area contributed by atoms with Crippen molar-refractivity contribution < 1.29 is 4.79 Å². The minimum atomic E-state index is -0.0979. The maximum absolute atomic E-state index is 12.7. The molecule has 0 fully saturated rings. The van der Waals surface area contributed by atoms with Gasteiger partial charge in [0, 0.05) is 42.3 Å². The van der Waals surface area contributed by atoms with E-state index in [1.807, 2.05) is 42.6 Å². The molecule has 1 aliphatic rings. The van der Waals surface area contributed by atoms with Crippen molar-refractivity contribution >= 4 is 17.3 Å². The summed E-state index contributed by atoms with van der Waals surface area (Å²) in [6.07, 6.45) is 5.16. The van der Waals surface area contributed by atoms with Crippen LogP contribution in [0.2, 0.25) is 0 Å². The second-order valence-electron chi connectivity index (χ2n) is 7.31. The quantitative estimate of drug-likeness (QED) is 0.706. The van der Waals surface area contributed by atoms with Crippen LogP contribution < -0.4 is 10.2 Å². The van der Waals surface area contributed by atoms with Crippen molar-refractivity contribution in [1.29, 1.82) is 0 Å². The van der Waals surface area contributed by atoms with Crippen LogP contribution in [0.4, 0.5) is 11.4 Å². The molecule has 4 rings (SSSR count). The summed E-state index contributed by atoms with van der Waals surface area (Å²) in [4.78, 5) is 19.4. The molecule has 2 aromatic carbocycles. The number of aromatic nitrogens is 1. The summed E-state index contributed by atoms with van der Waals surface area (Å²) in [5.74, 6) is -0.0979. The molecule has 3 aromatic rings. The molecule has 142 valence electrons. The number of rotatable bonds is 4. The van der Waals surface area contributed by atoms with Gasteiger partial charge in [0.25, 0.3) is 5.91 Å². The Morgan fingerprint density at radius 3 is 2.64 bits per heavy atom. The zero-order chi connectivity index (χ0) is 19.5. The lowest BCUT2D eigenvalue weighted by atomic mass is 10.0. The number of pyridine rings is 1. The number of nitrogens with zero attached hydrogens (tertiary/aromatic N) is 2. The van der Waals surface area contributed by atoms with Gasteiger partial charge in [0.15, 0.2) is 0 Å². The van der Waals surface area contributed by atoms with E-state index in [1.165, 1.54) is 23.2 Å². The van der Waals surface area contributed by atoms with Gasteiger partial charge in [-0.3, -0.25) is 9.78 Å². The molecule has 0 unspecified atom stereocenters. The molecule has 4 heteroatoms. The average Bonchev–Trinajstić information content (AvgIpc) is 2.74. The first-order valence-corrected chi connectivity index (χ1v) is 9.85. The predicted octanol–water partition coefficient (Wildman–Crippen LogP) is 4.95. The van der Waals surface area contributed by atoms with Crippen LogP contribution in [0.3, 0.4) is 0 Å². The Kier molecular flexibility index (Phi) is 5.11. The van der Waals surface area contributed by atoms with Gasteiger partial charge in [-0.05, 0) is 60.7 Å². The van der Waals surface area contributed by atoms with Crippen LogP contribution >= 0.6 is 0 Å². The Hall–Kier alpha value is -3.14. The van der Waals surface area contributed by atoms with E-state index in [9.17, 15) is 4.79 Å². The smallest absolute Gasteiger partial charge is 0.255 e. The van der Waals surface area contributed by atoms with E-state index in [0.717, 1.165) is 36.3 Å². The molecule has 1 N–H and O–H groups in total. The molecule has 28 heavy (non-hydrogen) atoms. The molecule has 1 amide bonds. The first kappa shape index (κ1) is 18.2. The minimum absolute atomic E-state index is 0.0979. The lowest BCUT2D eigenvalue weighted by Crippen LogP contribution is -2.24. The van der Waals surface area contributed by atoms with Gasteiger partial charge >= 0.3 is 0 Å². The van der Waals surface area contributed by atoms with E-state index in [0.29, 0.717) is 5.56 Å². The minimum Gasteiger partial charge on any atom is -0.374 e. The molecule has 0 radical (unpaired) electrons. The number of amides is 1. The molecule has 1 aliphatic heterocycles. The van der Waals surface area contributed by atoms with E-state index in [4.69, 9.17) is 0 Å². The molecule has 0 atom stereocenters. The standard InChI is InChI=1S/C24H25N3O/c1-3-17-6-13-22(25-16-17)18-7-9-20(10-8-18)24(28)26-21-12-11-19-5-4-14-27(2)23(19)15-21/h6-13,15-16H,3-5,14H2,1-2H3,(H,26,28). The van der Waals surface area contributed by atoms with Crippen molar-refractivity contribution in [3.05, 3.63) is 77.5 Å². The average molecular weight is 371 g/mol. The van der Waals surface area contributed by atoms with E-state index >= 15 is 0 Å². The number of carbonyl (C=O) groups is 1. The third-order valence-electron chi connectivity index (χ3n) is 5.37. The van der Waals surface area contributed by atoms with Gasteiger partial charge in [-0.2, -0.15) is 0 Å². The Morgan fingerprint density at radius 1 is 1.11 bits per heavy atom. The normalized spacial score (nSPS) is 13.1. The van der Waals surface area contributed by atoms with Crippen LogP contribution in [0.1, 0.15) is 34.8 Å². The highest BCUT2D eigenvalue weighted by Gasteiger charge is 2.15. The van der Waals surface area contributed by atoms with Crippen molar-refractivity contribution in [3.8, 4) is 11.3 Å². The zero-order valence-electron chi connectivity index (χ0n) is 16.4. The number of anilines is 2. The second kappa shape index (κ2) is 7.85. The first-order chi connectivity index (χ1) is 13.6. The van der Waals surface area contributed by atoms with Crippen LogP contribution in [0, 0.1) is 0 Å². The lowest BCUT2D eigenvalue weighted by molar-refractivity contribution is 0.102. The zero-order valence-corrected chi connectivity index (χ0v) is 16.4. The summed E-state index contributed by atoms with van der Waals surface area (Å²) in [6, 6.07) is 17.9. The molecular weight excluding hydrogens is 346 g/mol. The maximum Gasteiger partial charge on any atom is 0.255 e. The van der Waals surface area contributed by atoms with Crippen LogP contribution in [0.5, 0.6) is 0 Å². The fourth-order valence-electron chi connectivity index (χ4n) is 3.64. The van der Waals surface area contributed by atoms with Crippen molar-refractivity contribution in [3.63, 3.8) is 0 Å². The van der Waals surface area contributed by atoms with Crippen LogP contribution in [-0.4, -0.2) is 24.5 Å². The molecule has 0 spiro atoms. The summed E-state index contributed by atoms with van der Waals surface area (Å²) in [5, 5.41) is 3.02. The topological polar surface area (TPSA) is 45.2 Å². The fourth-order valence-corrected chi connectivity index (χ4v) is 3.64. The van der Waals surface area contributed by atoms with Crippen LogP contribution in [0.15, 0.2) is 60.8 Å². The fraction of sp³-hybridized carbons (Fsp3) is 0.250. The van der Waals surface area contributed by atoms with Gasteiger partial charge < -0.3 is 10.2 Å². The monoisotopic (exact) mass is 371 g/mol. The van der Waals surface area contributed by atoms with Gasteiger partial charge in [0.05, 0.1) is 5.69 Å². The Morgan fingerprint density at radius 2 is 1.93 bits per heavy atom. The van der Waals surface area contributed by atoms with Crippen molar-refractivity contribution in [2.24, 2.45) is 0 Å². The largest absolute Gasteiger partial charge is 0.374 e. The summed E-state index contributed by atoms with van der Waals surface area (Å²) in [7, 11) is 2.10. The van der Waals surface area contributed by atoms with E-state index in [1.54, 1.807) is 0 Å². The highest BCUT2D eigenvalue weighted by molar-refractivity contribution is 6.04. The number of aryl methyl sites for hydroxylation is 2. The number of fused-ring (bicyclic) bond motifs is 1. The molecule has 0 saturated heterocycles. The summed E-state index contributed by atoms with van der Waals surface area (Å²) in [6.45, 7) is 3.17. The highest BCUT2D eigenvalue weighted by atomic mass is 16.1. The number of nitrogens with one attached hydrogen (secondary N) is 1. The van der Waals surface area contributed by atoms with Gasteiger partial charge in [-0.1, -0.05) is 31.2 Å². The van der Waals surface area contributed by atoms with Crippen molar-refractivity contribution in [1.82, 2.24) is 4.98 Å². The summed E-state index contributed by atoms with van der Waals surface area (Å²) < 4.78 is 0. The molecule has 0 bridgehead atoms. The number of hydrogen-bond donors (Lipinski definition) is 1. The molecule has 1 aromatic heterocycles. The SMILES string of the molecule is CCc1ccc(-c2ccc(C(=O)Nc3ccc4c(c3)N(C)CCC4)cc2)nc1.